The van der Waals surface area contributed by atoms with Crippen LogP contribution in [0.1, 0.15) is 21.7 Å². The predicted molar refractivity (Wildman–Crippen MR) is 70.2 cm³/mol. The van der Waals surface area contributed by atoms with E-state index in [-0.39, 0.29) is 0 Å². The lowest BCUT2D eigenvalue weighted by Crippen LogP contribution is -2.05. The van der Waals surface area contributed by atoms with Crippen LogP contribution in [0.25, 0.3) is 0 Å². The first-order valence-corrected chi connectivity index (χ1v) is 6.29. The number of nitrogens with zero attached hydrogens (tertiary/aromatic N) is 2. The fourth-order valence-electron chi connectivity index (χ4n) is 1.54. The van der Waals surface area contributed by atoms with Crippen molar-refractivity contribution in [2.24, 2.45) is 0 Å². The van der Waals surface area contributed by atoms with Crippen molar-refractivity contribution in [1.29, 1.82) is 0 Å². The maximum Gasteiger partial charge on any atom is 0.335 e. The number of aryl methyl sites for hydroxylation is 1. The molecule has 0 aliphatic rings. The molecule has 0 saturated carbocycles. The summed E-state index contributed by atoms with van der Waals surface area (Å²) in [5.74, 6) is -0.139. The number of aromatic carboxylic acids is 1. The lowest BCUT2D eigenvalue weighted by Gasteiger charge is -2.03. The summed E-state index contributed by atoms with van der Waals surface area (Å²) in [7, 11) is 0. The molecule has 2 N–H and O–H groups in total. The predicted octanol–water partition coefficient (Wildman–Crippen LogP) is 2.20. The maximum absolute atomic E-state index is 10.8. The van der Waals surface area contributed by atoms with Gasteiger partial charge in [0.25, 0.3) is 0 Å². The molecule has 0 aliphatic heterocycles. The van der Waals surface area contributed by atoms with E-state index in [4.69, 9.17) is 5.11 Å². The molecule has 0 saturated heterocycles. The Kier molecular flexibility index (Phi) is 3.88. The van der Waals surface area contributed by atoms with E-state index in [1.165, 1.54) is 11.5 Å². The number of anilines is 1. The van der Waals surface area contributed by atoms with Crippen molar-refractivity contribution in [3.05, 3.63) is 41.2 Å². The maximum atomic E-state index is 10.8. The van der Waals surface area contributed by atoms with Gasteiger partial charge in [0.1, 0.15) is 5.82 Å². The van der Waals surface area contributed by atoms with Crippen LogP contribution < -0.4 is 5.32 Å². The molecule has 0 radical (unpaired) electrons. The second-order valence-electron chi connectivity index (χ2n) is 3.83. The second kappa shape index (κ2) is 5.59. The van der Waals surface area contributed by atoms with Gasteiger partial charge >= 0.3 is 5.97 Å². The number of nitrogens with one attached hydrogen (secondary N) is 1. The van der Waals surface area contributed by atoms with E-state index >= 15 is 0 Å². The fraction of sp³-hybridized carbons (Fsp3) is 0.250. The standard InChI is InChI=1S/C12H13N3O2S/c1-8-14-12(18-15-8)13-6-5-9-3-2-4-10(7-9)11(16)17/h2-4,7H,5-6H2,1H3,(H,16,17)(H,13,14,15). The van der Waals surface area contributed by atoms with Gasteiger partial charge in [-0.2, -0.15) is 4.37 Å². The van der Waals surface area contributed by atoms with Gasteiger partial charge in [0, 0.05) is 18.1 Å². The molecule has 0 fully saturated rings. The fourth-order valence-corrected chi connectivity index (χ4v) is 2.14. The number of carboxylic acid groups (broad SMARTS) is 1. The van der Waals surface area contributed by atoms with Gasteiger partial charge in [-0.05, 0) is 31.0 Å². The molecule has 1 aromatic carbocycles. The third-order valence-corrected chi connectivity index (χ3v) is 3.16. The van der Waals surface area contributed by atoms with Crippen LogP contribution in [0.4, 0.5) is 5.13 Å². The molecule has 0 bridgehead atoms. The van der Waals surface area contributed by atoms with Crippen LogP contribution in [-0.2, 0) is 6.42 Å². The van der Waals surface area contributed by atoms with Gasteiger partial charge in [0.2, 0.25) is 5.13 Å². The third kappa shape index (κ3) is 3.27. The number of carbonyl (C=O) groups is 1. The Morgan fingerprint density at radius 3 is 3.00 bits per heavy atom. The number of carboxylic acids is 1. The first kappa shape index (κ1) is 12.5. The molecule has 2 aromatic rings. The Morgan fingerprint density at radius 2 is 2.33 bits per heavy atom. The summed E-state index contributed by atoms with van der Waals surface area (Å²) >= 11 is 1.33. The van der Waals surface area contributed by atoms with E-state index in [0.717, 1.165) is 22.9 Å². The van der Waals surface area contributed by atoms with Crippen molar-refractivity contribution in [1.82, 2.24) is 9.36 Å². The van der Waals surface area contributed by atoms with E-state index in [0.29, 0.717) is 12.1 Å². The van der Waals surface area contributed by atoms with Gasteiger partial charge in [-0.25, -0.2) is 9.78 Å². The SMILES string of the molecule is Cc1nsc(NCCc2cccc(C(=O)O)c2)n1. The van der Waals surface area contributed by atoms with Crippen molar-refractivity contribution in [3.63, 3.8) is 0 Å². The Morgan fingerprint density at radius 1 is 1.50 bits per heavy atom. The molecule has 94 valence electrons. The summed E-state index contributed by atoms with van der Waals surface area (Å²) in [6.07, 6.45) is 0.750. The zero-order valence-corrected chi connectivity index (χ0v) is 10.7. The van der Waals surface area contributed by atoms with Crippen LogP contribution in [0.2, 0.25) is 0 Å². The minimum atomic E-state index is -0.899. The molecule has 0 aliphatic carbocycles. The smallest absolute Gasteiger partial charge is 0.335 e. The number of hydrogen-bond donors (Lipinski definition) is 2. The zero-order valence-electron chi connectivity index (χ0n) is 9.88. The molecule has 5 nitrogen and oxygen atoms in total. The van der Waals surface area contributed by atoms with Gasteiger partial charge in [0.15, 0.2) is 0 Å². The van der Waals surface area contributed by atoms with Crippen LogP contribution in [0.15, 0.2) is 24.3 Å². The Hall–Kier alpha value is -1.95. The molecule has 0 unspecified atom stereocenters. The Bertz CT molecular complexity index is 554. The van der Waals surface area contributed by atoms with Crippen molar-refractivity contribution >= 4 is 22.6 Å². The number of aromatic nitrogens is 2. The molecule has 1 aromatic heterocycles. The van der Waals surface area contributed by atoms with E-state index in [1.807, 2.05) is 13.0 Å². The summed E-state index contributed by atoms with van der Waals surface area (Å²) in [4.78, 5) is 15.0. The first-order valence-electron chi connectivity index (χ1n) is 5.51. The van der Waals surface area contributed by atoms with E-state index in [1.54, 1.807) is 18.2 Å². The summed E-state index contributed by atoms with van der Waals surface area (Å²) in [5.41, 5.74) is 1.31. The average Bonchev–Trinajstić information content (AvgIpc) is 2.75. The van der Waals surface area contributed by atoms with E-state index in [2.05, 4.69) is 14.7 Å². The summed E-state index contributed by atoms with van der Waals surface area (Å²) in [6.45, 7) is 2.55. The molecule has 2 rings (SSSR count). The van der Waals surface area contributed by atoms with Crippen molar-refractivity contribution in [2.45, 2.75) is 13.3 Å². The van der Waals surface area contributed by atoms with Crippen LogP contribution >= 0.6 is 11.5 Å². The number of rotatable bonds is 5. The quantitative estimate of drug-likeness (QED) is 0.865. The van der Waals surface area contributed by atoms with Crippen molar-refractivity contribution < 1.29 is 9.90 Å². The Balaban J connectivity index is 1.90. The van der Waals surface area contributed by atoms with Gasteiger partial charge in [-0.3, -0.25) is 0 Å². The van der Waals surface area contributed by atoms with E-state index in [9.17, 15) is 4.79 Å². The van der Waals surface area contributed by atoms with Gasteiger partial charge in [0.05, 0.1) is 5.56 Å². The van der Waals surface area contributed by atoms with Crippen LogP contribution in [0.5, 0.6) is 0 Å². The van der Waals surface area contributed by atoms with Crippen LogP contribution in [0.3, 0.4) is 0 Å². The lowest BCUT2D eigenvalue weighted by molar-refractivity contribution is 0.0697. The van der Waals surface area contributed by atoms with Crippen LogP contribution in [-0.4, -0.2) is 27.0 Å². The van der Waals surface area contributed by atoms with Crippen molar-refractivity contribution in [2.75, 3.05) is 11.9 Å². The normalized spacial score (nSPS) is 10.3. The number of hydrogen-bond acceptors (Lipinski definition) is 5. The molecule has 6 heteroatoms. The minimum Gasteiger partial charge on any atom is -0.478 e. The zero-order chi connectivity index (χ0) is 13.0. The molecule has 0 atom stereocenters. The topological polar surface area (TPSA) is 75.1 Å². The summed E-state index contributed by atoms with van der Waals surface area (Å²) in [6, 6.07) is 6.95. The average molecular weight is 263 g/mol. The molecule has 18 heavy (non-hydrogen) atoms. The molecule has 0 spiro atoms. The summed E-state index contributed by atoms with van der Waals surface area (Å²) in [5, 5.41) is 12.8. The highest BCUT2D eigenvalue weighted by atomic mass is 32.1. The highest BCUT2D eigenvalue weighted by Gasteiger charge is 2.03. The highest BCUT2D eigenvalue weighted by molar-refractivity contribution is 7.09. The van der Waals surface area contributed by atoms with Gasteiger partial charge in [-0.15, -0.1) is 0 Å². The third-order valence-electron chi connectivity index (χ3n) is 2.39. The van der Waals surface area contributed by atoms with Crippen molar-refractivity contribution in [3.8, 4) is 0 Å². The number of benzene rings is 1. The van der Waals surface area contributed by atoms with E-state index < -0.39 is 5.97 Å². The first-order chi connectivity index (χ1) is 8.65. The molecular weight excluding hydrogens is 250 g/mol. The monoisotopic (exact) mass is 263 g/mol. The second-order valence-corrected chi connectivity index (χ2v) is 4.58. The molecular formula is C12H13N3O2S. The Labute approximate surface area is 109 Å². The highest BCUT2D eigenvalue weighted by Crippen LogP contribution is 2.11. The van der Waals surface area contributed by atoms with Gasteiger partial charge < -0.3 is 10.4 Å². The molecule has 0 amide bonds. The largest absolute Gasteiger partial charge is 0.478 e. The van der Waals surface area contributed by atoms with Crippen LogP contribution in [0, 0.1) is 6.92 Å². The van der Waals surface area contributed by atoms with Gasteiger partial charge in [-0.1, -0.05) is 12.1 Å². The molecule has 1 heterocycles. The lowest BCUT2D eigenvalue weighted by atomic mass is 10.1. The minimum absolute atomic E-state index is 0.319. The summed E-state index contributed by atoms with van der Waals surface area (Å²) < 4.78 is 4.07.